The van der Waals surface area contributed by atoms with Gasteiger partial charge >= 0.3 is 0 Å². The zero-order valence-corrected chi connectivity index (χ0v) is 8.46. The topological polar surface area (TPSA) is 51.2 Å². The highest BCUT2D eigenvalue weighted by Crippen LogP contribution is 2.20. The van der Waals surface area contributed by atoms with E-state index in [2.05, 4.69) is 0 Å². The van der Waals surface area contributed by atoms with E-state index in [1.165, 1.54) is 11.4 Å². The first kappa shape index (κ1) is 9.70. The van der Waals surface area contributed by atoms with E-state index in [0.717, 1.165) is 17.6 Å². The normalized spacial score (nSPS) is 11.5. The number of hydrogen-bond donors (Lipinski definition) is 0. The average Bonchev–Trinajstić information content (AvgIpc) is 2.30. The molecule has 0 N–H and O–H groups in total. The van der Waals surface area contributed by atoms with Crippen LogP contribution in [0.25, 0.3) is 0 Å². The van der Waals surface area contributed by atoms with Crippen LogP contribution in [0, 0.1) is 0 Å². The molecule has 0 aromatic carbocycles. The molecule has 0 unspecified atom stereocenters. The van der Waals surface area contributed by atoms with Gasteiger partial charge in [0.25, 0.3) is 5.24 Å². The van der Waals surface area contributed by atoms with E-state index in [0.29, 0.717) is 0 Å². The van der Waals surface area contributed by atoms with Crippen molar-refractivity contribution in [2.24, 2.45) is 0 Å². The number of hydrogen-bond acceptors (Lipinski definition) is 4. The molecule has 1 heterocycles. The van der Waals surface area contributed by atoms with Gasteiger partial charge in [0.2, 0.25) is 0 Å². The SMILES string of the molecule is CS(=O)(=O)c1csc(C(=O)Cl)c1. The summed E-state index contributed by atoms with van der Waals surface area (Å²) in [5, 5.41) is 0.764. The smallest absolute Gasteiger partial charge is 0.262 e. The Bertz CT molecular complexity index is 404. The number of halogens is 1. The molecule has 0 bridgehead atoms. The zero-order valence-electron chi connectivity index (χ0n) is 6.07. The van der Waals surface area contributed by atoms with Crippen molar-refractivity contribution in [3.8, 4) is 0 Å². The molecule has 1 rings (SSSR count). The summed E-state index contributed by atoms with van der Waals surface area (Å²) in [6.45, 7) is 0. The van der Waals surface area contributed by atoms with Crippen molar-refractivity contribution >= 4 is 38.0 Å². The van der Waals surface area contributed by atoms with Crippen LogP contribution in [-0.4, -0.2) is 19.9 Å². The summed E-state index contributed by atoms with van der Waals surface area (Å²) in [7, 11) is -3.22. The lowest BCUT2D eigenvalue weighted by Gasteiger charge is -1.87. The van der Waals surface area contributed by atoms with E-state index in [1.54, 1.807) is 0 Å². The molecule has 6 heteroatoms. The lowest BCUT2D eigenvalue weighted by molar-refractivity contribution is 0.108. The Kier molecular flexibility index (Phi) is 2.55. The van der Waals surface area contributed by atoms with Gasteiger partial charge in [0, 0.05) is 11.6 Å². The fourth-order valence-corrected chi connectivity index (χ4v) is 2.65. The fraction of sp³-hybridized carbons (Fsp3) is 0.167. The number of carbonyl (C=O) groups excluding carboxylic acids is 1. The first-order valence-electron chi connectivity index (χ1n) is 2.89. The van der Waals surface area contributed by atoms with E-state index in [9.17, 15) is 13.2 Å². The van der Waals surface area contributed by atoms with Crippen LogP contribution in [0.2, 0.25) is 0 Å². The van der Waals surface area contributed by atoms with Gasteiger partial charge in [-0.25, -0.2) is 8.42 Å². The summed E-state index contributed by atoms with van der Waals surface area (Å²) < 4.78 is 21.8. The Morgan fingerprint density at radius 2 is 2.17 bits per heavy atom. The monoisotopic (exact) mass is 224 g/mol. The van der Waals surface area contributed by atoms with Gasteiger partial charge in [0.15, 0.2) is 9.84 Å². The van der Waals surface area contributed by atoms with Crippen LogP contribution in [0.1, 0.15) is 9.67 Å². The van der Waals surface area contributed by atoms with Gasteiger partial charge in [-0.15, -0.1) is 11.3 Å². The molecule has 0 radical (unpaired) electrons. The van der Waals surface area contributed by atoms with E-state index < -0.39 is 15.1 Å². The summed E-state index contributed by atoms with van der Waals surface area (Å²) in [5.74, 6) is 0. The first-order valence-corrected chi connectivity index (χ1v) is 6.04. The van der Waals surface area contributed by atoms with Crippen molar-refractivity contribution in [3.05, 3.63) is 16.3 Å². The largest absolute Gasteiger partial charge is 0.275 e. The van der Waals surface area contributed by atoms with E-state index >= 15 is 0 Å². The number of rotatable bonds is 2. The van der Waals surface area contributed by atoms with Crippen LogP contribution in [0.5, 0.6) is 0 Å². The Hall–Kier alpha value is -0.390. The second-order valence-corrected chi connectivity index (χ2v) is 5.46. The highest BCUT2D eigenvalue weighted by Gasteiger charge is 2.12. The van der Waals surface area contributed by atoms with Crippen molar-refractivity contribution in [1.29, 1.82) is 0 Å². The molecular formula is C6H5ClO3S2. The highest BCUT2D eigenvalue weighted by atomic mass is 35.5. The Labute approximate surface area is 78.9 Å². The van der Waals surface area contributed by atoms with Crippen LogP contribution in [0.3, 0.4) is 0 Å². The molecule has 0 aliphatic heterocycles. The standard InChI is InChI=1S/C6H5ClO3S2/c1-12(9,10)4-2-5(6(7)8)11-3-4/h2-3H,1H3. The molecule has 0 aliphatic carbocycles. The minimum atomic E-state index is -3.22. The zero-order chi connectivity index (χ0) is 9.35. The number of sulfone groups is 1. The van der Waals surface area contributed by atoms with Gasteiger partial charge in [0.05, 0.1) is 9.77 Å². The second kappa shape index (κ2) is 3.16. The molecule has 0 amide bonds. The van der Waals surface area contributed by atoms with Crippen molar-refractivity contribution in [2.75, 3.05) is 6.26 Å². The summed E-state index contributed by atoms with van der Waals surface area (Å²) in [6, 6.07) is 1.27. The van der Waals surface area contributed by atoms with Gasteiger partial charge in [-0.3, -0.25) is 4.79 Å². The maximum Gasteiger partial charge on any atom is 0.262 e. The van der Waals surface area contributed by atoms with Crippen LogP contribution in [-0.2, 0) is 9.84 Å². The van der Waals surface area contributed by atoms with Crippen LogP contribution in [0.15, 0.2) is 16.3 Å². The predicted molar refractivity (Wildman–Crippen MR) is 47.6 cm³/mol. The summed E-state index contributed by atoms with van der Waals surface area (Å²) >= 11 is 6.17. The number of thiophene rings is 1. The predicted octanol–water partition coefficient (Wildman–Crippen LogP) is 1.53. The molecular weight excluding hydrogens is 220 g/mol. The Morgan fingerprint density at radius 1 is 1.58 bits per heavy atom. The average molecular weight is 225 g/mol. The molecule has 1 aromatic heterocycles. The van der Waals surface area contributed by atoms with Crippen LogP contribution < -0.4 is 0 Å². The molecule has 0 aliphatic rings. The molecule has 0 saturated heterocycles. The Balaban J connectivity index is 3.17. The lowest BCUT2D eigenvalue weighted by atomic mass is 10.5. The molecule has 0 atom stereocenters. The fourth-order valence-electron chi connectivity index (χ4n) is 0.616. The third kappa shape index (κ3) is 2.06. The van der Waals surface area contributed by atoms with Crippen LogP contribution >= 0.6 is 22.9 Å². The lowest BCUT2D eigenvalue weighted by Crippen LogP contribution is -1.94. The van der Waals surface area contributed by atoms with Crippen molar-refractivity contribution in [2.45, 2.75) is 4.90 Å². The van der Waals surface area contributed by atoms with E-state index in [-0.39, 0.29) is 9.77 Å². The van der Waals surface area contributed by atoms with Gasteiger partial charge in [-0.1, -0.05) is 0 Å². The van der Waals surface area contributed by atoms with Crippen molar-refractivity contribution in [3.63, 3.8) is 0 Å². The van der Waals surface area contributed by atoms with Crippen LogP contribution in [0.4, 0.5) is 0 Å². The summed E-state index contributed by atoms with van der Waals surface area (Å²) in [4.78, 5) is 10.9. The molecule has 0 fully saturated rings. The van der Waals surface area contributed by atoms with Gasteiger partial charge in [-0.2, -0.15) is 0 Å². The summed E-state index contributed by atoms with van der Waals surface area (Å²) in [6.07, 6.45) is 1.08. The van der Waals surface area contributed by atoms with Gasteiger partial charge in [0.1, 0.15) is 0 Å². The molecule has 1 aromatic rings. The van der Waals surface area contributed by atoms with Crippen molar-refractivity contribution < 1.29 is 13.2 Å². The third-order valence-corrected chi connectivity index (χ3v) is 3.68. The van der Waals surface area contributed by atoms with Crippen molar-refractivity contribution in [1.82, 2.24) is 0 Å². The maximum atomic E-state index is 10.9. The van der Waals surface area contributed by atoms with E-state index in [1.807, 2.05) is 0 Å². The highest BCUT2D eigenvalue weighted by molar-refractivity contribution is 7.90. The molecule has 0 saturated carbocycles. The first-order chi connectivity index (χ1) is 5.41. The molecule has 66 valence electrons. The maximum absolute atomic E-state index is 10.9. The molecule has 12 heavy (non-hydrogen) atoms. The van der Waals surface area contributed by atoms with Gasteiger partial charge in [-0.05, 0) is 17.7 Å². The number of carbonyl (C=O) groups is 1. The minimum absolute atomic E-state index is 0.136. The van der Waals surface area contributed by atoms with Gasteiger partial charge < -0.3 is 0 Å². The third-order valence-electron chi connectivity index (χ3n) is 1.20. The molecule has 3 nitrogen and oxygen atoms in total. The quantitative estimate of drug-likeness (QED) is 0.716. The van der Waals surface area contributed by atoms with E-state index in [4.69, 9.17) is 11.6 Å². The Morgan fingerprint density at radius 3 is 2.42 bits per heavy atom. The summed E-state index contributed by atoms with van der Waals surface area (Å²) in [5.41, 5.74) is 0. The minimum Gasteiger partial charge on any atom is -0.275 e. The molecule has 0 spiro atoms. The second-order valence-electron chi connectivity index (χ2n) is 2.19.